The van der Waals surface area contributed by atoms with E-state index in [1.54, 1.807) is 10.9 Å². The molecule has 0 saturated carbocycles. The van der Waals surface area contributed by atoms with Crippen LogP contribution >= 0.6 is 0 Å². The highest BCUT2D eigenvalue weighted by Crippen LogP contribution is 2.37. The van der Waals surface area contributed by atoms with Gasteiger partial charge in [-0.1, -0.05) is 78.9 Å². The summed E-state index contributed by atoms with van der Waals surface area (Å²) in [5.74, 6) is -0.987. The number of carbonyl (C=O) groups is 1. The number of amides is 1. The van der Waals surface area contributed by atoms with Crippen molar-refractivity contribution in [1.29, 1.82) is 0 Å². The molecule has 1 amide bonds. The van der Waals surface area contributed by atoms with Crippen molar-refractivity contribution in [2.45, 2.75) is 31.3 Å². The molecule has 6 nitrogen and oxygen atoms in total. The molecule has 0 spiro atoms. The quantitative estimate of drug-likeness (QED) is 0.472. The highest BCUT2D eigenvalue weighted by atomic mass is 16.3. The molecule has 1 aliphatic carbocycles. The summed E-state index contributed by atoms with van der Waals surface area (Å²) in [6.07, 6.45) is 4.07. The lowest BCUT2D eigenvalue weighted by atomic mass is 9.93. The molecule has 2 aliphatic rings. The van der Waals surface area contributed by atoms with Gasteiger partial charge in [0.15, 0.2) is 11.4 Å². The molecule has 0 radical (unpaired) electrons. The average molecular weight is 478 g/mol. The second kappa shape index (κ2) is 9.04. The number of nitrogens with zero attached hydrogens (tertiary/aromatic N) is 2. The molecule has 180 valence electrons. The highest BCUT2D eigenvalue weighted by Gasteiger charge is 2.36. The van der Waals surface area contributed by atoms with Crippen LogP contribution in [-0.2, 0) is 19.3 Å². The van der Waals surface area contributed by atoms with Crippen LogP contribution in [0.5, 0.6) is 5.75 Å². The molecule has 2 heterocycles. The summed E-state index contributed by atoms with van der Waals surface area (Å²) in [7, 11) is 0. The van der Waals surface area contributed by atoms with Crippen LogP contribution in [0.2, 0.25) is 0 Å². The van der Waals surface area contributed by atoms with Crippen LogP contribution in [0.3, 0.4) is 0 Å². The lowest BCUT2D eigenvalue weighted by Gasteiger charge is -2.38. The van der Waals surface area contributed by atoms with E-state index in [2.05, 4.69) is 46.7 Å². The summed E-state index contributed by atoms with van der Waals surface area (Å²) in [5, 5.41) is 16.0. The third kappa shape index (κ3) is 3.85. The number of benzene rings is 3. The zero-order chi connectivity index (χ0) is 24.6. The van der Waals surface area contributed by atoms with Crippen molar-refractivity contribution in [3.8, 4) is 5.75 Å². The lowest BCUT2D eigenvalue weighted by Crippen LogP contribution is -2.46. The second-order valence-electron chi connectivity index (χ2n) is 9.50. The number of aromatic nitrogens is 1. The maximum atomic E-state index is 13.4. The van der Waals surface area contributed by atoms with Crippen LogP contribution in [-0.4, -0.2) is 28.3 Å². The van der Waals surface area contributed by atoms with Crippen molar-refractivity contribution >= 4 is 5.91 Å². The summed E-state index contributed by atoms with van der Waals surface area (Å²) in [6.45, 7) is 0.489. The molecule has 36 heavy (non-hydrogen) atoms. The first kappa shape index (κ1) is 22.2. The molecule has 1 aromatic heterocycles. The minimum atomic E-state index is -0.570. The van der Waals surface area contributed by atoms with Gasteiger partial charge < -0.3 is 10.4 Å². The standard InChI is InChI=1S/C30H27N3O3/c34-26-16-17-32-28(29(26)35)30(36)31-23(18-20-8-2-1-3-9-20)19-33(32)27-24-12-6-4-10-21(24)14-15-22-11-5-7-13-25(22)27/h1-13,16-17,23,27,35H,14-15,18-19H2,(H,31,36)/t23-/m0/s1. The van der Waals surface area contributed by atoms with E-state index in [4.69, 9.17) is 0 Å². The van der Waals surface area contributed by atoms with Gasteiger partial charge in [-0.2, -0.15) is 0 Å². The normalized spacial score (nSPS) is 17.3. The summed E-state index contributed by atoms with van der Waals surface area (Å²) in [6, 6.07) is 27.8. The Labute approximate surface area is 209 Å². The van der Waals surface area contributed by atoms with E-state index < -0.39 is 17.1 Å². The molecule has 1 atom stereocenters. The van der Waals surface area contributed by atoms with Crippen LogP contribution in [0.15, 0.2) is 95.9 Å². The van der Waals surface area contributed by atoms with Gasteiger partial charge in [0.1, 0.15) is 0 Å². The largest absolute Gasteiger partial charge is 0.502 e. The monoisotopic (exact) mass is 477 g/mol. The maximum absolute atomic E-state index is 13.4. The predicted molar refractivity (Wildman–Crippen MR) is 139 cm³/mol. The van der Waals surface area contributed by atoms with Crippen LogP contribution in [0.1, 0.15) is 44.3 Å². The van der Waals surface area contributed by atoms with Gasteiger partial charge in [-0.25, -0.2) is 0 Å². The second-order valence-corrected chi connectivity index (χ2v) is 9.50. The third-order valence-electron chi connectivity index (χ3n) is 7.27. The van der Waals surface area contributed by atoms with Gasteiger partial charge in [-0.15, -0.1) is 0 Å². The molecular formula is C30H27N3O3. The Balaban J connectivity index is 1.56. The number of carbonyl (C=O) groups excluding carboxylic acids is 1. The van der Waals surface area contributed by atoms with Crippen molar-refractivity contribution < 1.29 is 9.90 Å². The molecular weight excluding hydrogens is 450 g/mol. The summed E-state index contributed by atoms with van der Waals surface area (Å²) < 4.78 is 1.68. The van der Waals surface area contributed by atoms with E-state index in [0.29, 0.717) is 13.0 Å². The fourth-order valence-corrected chi connectivity index (χ4v) is 5.61. The van der Waals surface area contributed by atoms with Crippen LogP contribution in [0, 0.1) is 0 Å². The van der Waals surface area contributed by atoms with Gasteiger partial charge in [0.05, 0.1) is 18.6 Å². The minimum Gasteiger partial charge on any atom is -0.502 e. The molecule has 1 aliphatic heterocycles. The van der Waals surface area contributed by atoms with Gasteiger partial charge in [0.2, 0.25) is 5.43 Å². The lowest BCUT2D eigenvalue weighted by molar-refractivity contribution is 0.0933. The number of hydrogen-bond acceptors (Lipinski definition) is 4. The Bertz CT molecular complexity index is 1450. The number of hydrogen-bond donors (Lipinski definition) is 2. The Morgan fingerprint density at radius 3 is 2.08 bits per heavy atom. The van der Waals surface area contributed by atoms with Crippen LogP contribution in [0.25, 0.3) is 0 Å². The number of aromatic hydroxyl groups is 1. The fourth-order valence-electron chi connectivity index (χ4n) is 5.61. The zero-order valence-electron chi connectivity index (χ0n) is 19.8. The third-order valence-corrected chi connectivity index (χ3v) is 7.27. The van der Waals surface area contributed by atoms with Gasteiger partial charge in [-0.3, -0.25) is 19.3 Å². The first-order valence-electron chi connectivity index (χ1n) is 12.3. The summed E-state index contributed by atoms with van der Waals surface area (Å²) in [5.41, 5.74) is 5.35. The zero-order valence-corrected chi connectivity index (χ0v) is 19.8. The van der Waals surface area contributed by atoms with Gasteiger partial charge >= 0.3 is 0 Å². The minimum absolute atomic E-state index is 0.0303. The van der Waals surface area contributed by atoms with Crippen molar-refractivity contribution in [1.82, 2.24) is 9.99 Å². The molecule has 0 bridgehead atoms. The van der Waals surface area contributed by atoms with Gasteiger partial charge in [-0.05, 0) is 47.1 Å². The molecule has 6 rings (SSSR count). The number of aryl methyl sites for hydroxylation is 2. The smallest absolute Gasteiger partial charge is 0.274 e. The number of nitrogens with one attached hydrogen (secondary N) is 1. The Hall–Kier alpha value is -4.32. The topological polar surface area (TPSA) is 74.6 Å². The first-order chi connectivity index (χ1) is 17.6. The summed E-state index contributed by atoms with van der Waals surface area (Å²) in [4.78, 5) is 25.8. The number of pyridine rings is 1. The van der Waals surface area contributed by atoms with E-state index in [1.807, 2.05) is 42.5 Å². The summed E-state index contributed by atoms with van der Waals surface area (Å²) >= 11 is 0. The number of fused-ring (bicyclic) bond motifs is 3. The molecule has 3 aromatic carbocycles. The number of rotatable bonds is 3. The van der Waals surface area contributed by atoms with Crippen LogP contribution in [0.4, 0.5) is 0 Å². The highest BCUT2D eigenvalue weighted by molar-refractivity contribution is 5.95. The maximum Gasteiger partial charge on any atom is 0.274 e. The van der Waals surface area contributed by atoms with E-state index >= 15 is 0 Å². The fraction of sp³-hybridized carbons (Fsp3) is 0.200. The molecule has 2 N–H and O–H groups in total. The molecule has 4 aromatic rings. The van der Waals surface area contributed by atoms with E-state index in [1.165, 1.54) is 28.3 Å². The van der Waals surface area contributed by atoms with Crippen molar-refractivity contribution in [3.05, 3.63) is 135 Å². The van der Waals surface area contributed by atoms with Gasteiger partial charge in [0, 0.05) is 12.3 Å². The molecule has 6 heteroatoms. The Morgan fingerprint density at radius 2 is 1.42 bits per heavy atom. The Kier molecular flexibility index (Phi) is 5.56. The van der Waals surface area contributed by atoms with E-state index in [9.17, 15) is 14.7 Å². The van der Waals surface area contributed by atoms with E-state index in [-0.39, 0.29) is 17.8 Å². The van der Waals surface area contributed by atoms with Crippen molar-refractivity contribution in [3.63, 3.8) is 0 Å². The average Bonchev–Trinajstić information content (AvgIpc) is 3.14. The first-order valence-corrected chi connectivity index (χ1v) is 12.3. The Morgan fingerprint density at radius 1 is 0.806 bits per heavy atom. The van der Waals surface area contributed by atoms with Gasteiger partial charge in [0.25, 0.3) is 5.91 Å². The van der Waals surface area contributed by atoms with Crippen molar-refractivity contribution in [2.75, 3.05) is 11.6 Å². The van der Waals surface area contributed by atoms with Crippen LogP contribution < -0.4 is 15.8 Å². The SMILES string of the molecule is O=C1N[C@@H](Cc2ccccc2)CN(C2c3ccccc3CCc3ccccc32)n2ccc(=O)c(O)c21. The molecule has 0 unspecified atom stereocenters. The van der Waals surface area contributed by atoms with E-state index in [0.717, 1.165) is 18.4 Å². The molecule has 0 saturated heterocycles. The molecule has 0 fully saturated rings. The predicted octanol–water partition coefficient (Wildman–Crippen LogP) is 3.73. The van der Waals surface area contributed by atoms with Crippen molar-refractivity contribution in [2.24, 2.45) is 0 Å².